The smallest absolute Gasteiger partial charge is 0.410 e. The SMILES string of the molecule is CC(C)(C)OC(=O)N1CCN(CCCN2C(=O)c3ccc4c5cccc6c(Br)ccc(c7ccc(c3c47)C2=O)c65)CC1. The van der Waals surface area contributed by atoms with E-state index in [-0.39, 0.29) is 17.9 Å². The monoisotopic (exact) mass is 625 g/mol. The van der Waals surface area contributed by atoms with Crippen molar-refractivity contribution in [2.45, 2.75) is 32.8 Å². The molecule has 214 valence electrons. The molecule has 0 aliphatic carbocycles. The van der Waals surface area contributed by atoms with E-state index in [1.54, 1.807) is 4.90 Å². The van der Waals surface area contributed by atoms with Crippen LogP contribution in [0, 0.1) is 0 Å². The Labute approximate surface area is 252 Å². The van der Waals surface area contributed by atoms with Gasteiger partial charge in [-0.1, -0.05) is 52.3 Å². The lowest BCUT2D eigenvalue weighted by molar-refractivity contribution is 0.0141. The normalized spacial score (nSPS) is 16.5. The molecule has 0 N–H and O–H groups in total. The number of rotatable bonds is 4. The Morgan fingerprint density at radius 1 is 0.738 bits per heavy atom. The van der Waals surface area contributed by atoms with Gasteiger partial charge in [-0.05, 0) is 89.6 Å². The molecule has 7 nitrogen and oxygen atoms in total. The summed E-state index contributed by atoms with van der Waals surface area (Å²) in [6, 6.07) is 18.4. The maximum atomic E-state index is 13.8. The number of nitrogens with zero attached hydrogens (tertiary/aromatic N) is 3. The Morgan fingerprint density at radius 2 is 1.31 bits per heavy atom. The molecule has 5 aromatic carbocycles. The van der Waals surface area contributed by atoms with Gasteiger partial charge in [-0.15, -0.1) is 0 Å². The minimum atomic E-state index is -0.513. The van der Waals surface area contributed by atoms with Crippen LogP contribution in [0.3, 0.4) is 0 Å². The second-order valence-electron chi connectivity index (χ2n) is 12.3. The molecule has 0 spiro atoms. The quantitative estimate of drug-likeness (QED) is 0.122. The number of hydrogen-bond acceptors (Lipinski definition) is 5. The predicted octanol–water partition coefficient (Wildman–Crippen LogP) is 7.04. The highest BCUT2D eigenvalue weighted by molar-refractivity contribution is 9.10. The molecule has 2 heterocycles. The average molecular weight is 627 g/mol. The van der Waals surface area contributed by atoms with Gasteiger partial charge in [-0.3, -0.25) is 19.4 Å². The van der Waals surface area contributed by atoms with Crippen LogP contribution >= 0.6 is 15.9 Å². The Kier molecular flexibility index (Phi) is 6.40. The molecule has 0 unspecified atom stereocenters. The van der Waals surface area contributed by atoms with E-state index in [0.29, 0.717) is 37.2 Å². The van der Waals surface area contributed by atoms with Crippen molar-refractivity contribution in [2.24, 2.45) is 0 Å². The summed E-state index contributed by atoms with van der Waals surface area (Å²) in [7, 11) is 0. The first-order valence-electron chi connectivity index (χ1n) is 14.5. The zero-order chi connectivity index (χ0) is 29.3. The lowest BCUT2D eigenvalue weighted by Crippen LogP contribution is -2.50. The van der Waals surface area contributed by atoms with Crippen LogP contribution in [-0.4, -0.2) is 77.5 Å². The largest absolute Gasteiger partial charge is 0.444 e. The molecule has 0 atom stereocenters. The van der Waals surface area contributed by atoms with Crippen molar-refractivity contribution >= 4 is 76.9 Å². The second kappa shape index (κ2) is 9.92. The van der Waals surface area contributed by atoms with Crippen molar-refractivity contribution < 1.29 is 19.1 Å². The summed E-state index contributed by atoms with van der Waals surface area (Å²) >= 11 is 3.71. The summed E-state index contributed by atoms with van der Waals surface area (Å²) in [5, 5.41) is 8.43. The molecule has 0 aromatic heterocycles. The summed E-state index contributed by atoms with van der Waals surface area (Å²) in [5.74, 6) is -0.462. The van der Waals surface area contributed by atoms with Crippen molar-refractivity contribution in [3.63, 3.8) is 0 Å². The lowest BCUT2D eigenvalue weighted by atomic mass is 9.85. The molecule has 2 aliphatic rings. The van der Waals surface area contributed by atoms with E-state index in [1.807, 2.05) is 45.0 Å². The summed E-state index contributed by atoms with van der Waals surface area (Å²) in [6.07, 6.45) is 0.390. The van der Waals surface area contributed by atoms with Gasteiger partial charge in [-0.2, -0.15) is 0 Å². The first kappa shape index (κ1) is 27.1. The molecule has 5 aromatic rings. The molecular weight excluding hydrogens is 594 g/mol. The van der Waals surface area contributed by atoms with Crippen LogP contribution in [0.2, 0.25) is 0 Å². The van der Waals surface area contributed by atoms with E-state index in [2.05, 4.69) is 51.2 Å². The maximum absolute atomic E-state index is 13.8. The minimum Gasteiger partial charge on any atom is -0.444 e. The molecule has 42 heavy (non-hydrogen) atoms. The maximum Gasteiger partial charge on any atom is 0.410 e. The topological polar surface area (TPSA) is 70.2 Å². The molecule has 0 saturated carbocycles. The van der Waals surface area contributed by atoms with Crippen LogP contribution in [0.15, 0.2) is 59.1 Å². The molecule has 0 bridgehead atoms. The van der Waals surface area contributed by atoms with Gasteiger partial charge < -0.3 is 9.64 Å². The summed E-state index contributed by atoms with van der Waals surface area (Å²) in [4.78, 5) is 45.3. The highest BCUT2D eigenvalue weighted by Gasteiger charge is 2.34. The van der Waals surface area contributed by atoms with Crippen molar-refractivity contribution in [1.29, 1.82) is 0 Å². The Hall–Kier alpha value is -3.75. The fourth-order valence-corrected chi connectivity index (χ4v) is 7.10. The van der Waals surface area contributed by atoms with Crippen LogP contribution in [-0.2, 0) is 4.74 Å². The van der Waals surface area contributed by atoms with Crippen molar-refractivity contribution in [2.75, 3.05) is 39.3 Å². The van der Waals surface area contributed by atoms with Crippen molar-refractivity contribution in [3.05, 3.63) is 70.2 Å². The Morgan fingerprint density at radius 3 is 1.95 bits per heavy atom. The molecular formula is C34H32BrN3O4. The molecule has 7 rings (SSSR count). The third-order valence-corrected chi connectivity index (χ3v) is 9.25. The number of carbonyl (C=O) groups excluding carboxylic acids is 3. The first-order valence-corrected chi connectivity index (χ1v) is 15.3. The van der Waals surface area contributed by atoms with Gasteiger partial charge in [0, 0.05) is 53.7 Å². The van der Waals surface area contributed by atoms with Crippen molar-refractivity contribution in [3.8, 4) is 0 Å². The Balaban J connectivity index is 1.13. The van der Waals surface area contributed by atoms with Gasteiger partial charge in [-0.25, -0.2) is 4.79 Å². The molecule has 2 aliphatic heterocycles. The number of hydrogen-bond donors (Lipinski definition) is 0. The lowest BCUT2D eigenvalue weighted by Gasteiger charge is -2.36. The van der Waals surface area contributed by atoms with Crippen molar-refractivity contribution in [1.82, 2.24) is 14.7 Å². The highest BCUT2D eigenvalue weighted by Crippen LogP contribution is 2.44. The Bertz CT molecular complexity index is 1850. The van der Waals surface area contributed by atoms with Crippen LogP contribution in [0.4, 0.5) is 4.79 Å². The van der Waals surface area contributed by atoms with Gasteiger partial charge in [0.05, 0.1) is 0 Å². The number of benzene rings is 5. The number of fused-ring (bicyclic) bond motifs is 2. The third kappa shape index (κ3) is 4.31. The standard InChI is InChI=1S/C34H32BrN3O4/c1-34(2,3)42-33(41)37-18-16-36(17-19-37)14-5-15-38-31(39)25-10-8-22-20-6-4-7-24-27(35)13-12-21(28(20)24)23-9-11-26(32(38)40)30(25)29(22)23/h4,6-13H,5,14-19H2,1-3H3. The fourth-order valence-electron chi connectivity index (χ4n) is 6.64. The number of carbonyl (C=O) groups is 3. The zero-order valence-corrected chi connectivity index (χ0v) is 25.6. The molecule has 1 saturated heterocycles. The number of ether oxygens (including phenoxy) is 1. The van der Waals surface area contributed by atoms with E-state index < -0.39 is 5.60 Å². The summed E-state index contributed by atoms with van der Waals surface area (Å²) in [6.45, 7) is 9.38. The van der Waals surface area contributed by atoms with Gasteiger partial charge in [0.2, 0.25) is 0 Å². The first-order chi connectivity index (χ1) is 20.1. The van der Waals surface area contributed by atoms with Crippen LogP contribution in [0.1, 0.15) is 47.9 Å². The molecule has 3 amide bonds. The number of piperazine rings is 1. The van der Waals surface area contributed by atoms with Gasteiger partial charge in [0.1, 0.15) is 5.60 Å². The van der Waals surface area contributed by atoms with E-state index in [9.17, 15) is 14.4 Å². The van der Waals surface area contributed by atoms with E-state index >= 15 is 0 Å². The fraction of sp³-hybridized carbons (Fsp3) is 0.324. The highest BCUT2D eigenvalue weighted by atomic mass is 79.9. The van der Waals surface area contributed by atoms with Gasteiger partial charge in [0.25, 0.3) is 11.8 Å². The molecule has 8 heteroatoms. The van der Waals surface area contributed by atoms with Gasteiger partial charge in [0.15, 0.2) is 0 Å². The number of amides is 3. The van der Waals surface area contributed by atoms with Crippen LogP contribution < -0.4 is 0 Å². The average Bonchev–Trinajstić information content (AvgIpc) is 2.97. The summed E-state index contributed by atoms with van der Waals surface area (Å²) < 4.78 is 6.54. The number of imide groups is 1. The third-order valence-electron chi connectivity index (χ3n) is 8.56. The summed E-state index contributed by atoms with van der Waals surface area (Å²) in [5.41, 5.74) is 0.661. The van der Waals surface area contributed by atoms with Crippen LogP contribution in [0.5, 0.6) is 0 Å². The van der Waals surface area contributed by atoms with E-state index in [1.165, 1.54) is 10.3 Å². The zero-order valence-electron chi connectivity index (χ0n) is 24.0. The van der Waals surface area contributed by atoms with E-state index in [4.69, 9.17) is 4.74 Å². The molecule has 0 radical (unpaired) electrons. The minimum absolute atomic E-state index is 0.231. The number of halogens is 1. The van der Waals surface area contributed by atoms with Gasteiger partial charge >= 0.3 is 6.09 Å². The predicted molar refractivity (Wildman–Crippen MR) is 170 cm³/mol. The van der Waals surface area contributed by atoms with Crippen LogP contribution in [0.25, 0.3) is 43.1 Å². The second-order valence-corrected chi connectivity index (χ2v) is 13.2. The van der Waals surface area contributed by atoms with E-state index in [0.717, 1.165) is 61.8 Å². The molecule has 1 fully saturated rings.